The van der Waals surface area contributed by atoms with Gasteiger partial charge in [-0.3, -0.25) is 4.90 Å². The Morgan fingerprint density at radius 3 is 3.29 bits per heavy atom. The Labute approximate surface area is 85.5 Å². The van der Waals surface area contributed by atoms with Crippen LogP contribution in [0.5, 0.6) is 0 Å². The molecule has 14 heavy (non-hydrogen) atoms. The molecular formula is C12H16NO. The van der Waals surface area contributed by atoms with Crippen LogP contribution in [0.1, 0.15) is 11.1 Å². The van der Waals surface area contributed by atoms with Crippen LogP contribution < -0.4 is 0 Å². The molecule has 0 unspecified atom stereocenters. The first-order valence-electron chi connectivity index (χ1n) is 5.09. The van der Waals surface area contributed by atoms with Crippen molar-refractivity contribution in [2.24, 2.45) is 0 Å². The monoisotopic (exact) mass is 190 g/mol. The summed E-state index contributed by atoms with van der Waals surface area (Å²) in [6.45, 7) is 4.07. The van der Waals surface area contributed by atoms with Gasteiger partial charge in [-0.25, -0.2) is 0 Å². The van der Waals surface area contributed by atoms with Crippen LogP contribution in [-0.4, -0.2) is 31.7 Å². The smallest absolute Gasteiger partial charge is 0.0589 e. The van der Waals surface area contributed by atoms with Crippen LogP contribution in [-0.2, 0) is 17.7 Å². The summed E-state index contributed by atoms with van der Waals surface area (Å²) in [6, 6.07) is 9.42. The first-order valence-corrected chi connectivity index (χ1v) is 5.09. The van der Waals surface area contributed by atoms with E-state index >= 15 is 0 Å². The van der Waals surface area contributed by atoms with E-state index in [1.165, 1.54) is 11.1 Å². The normalized spacial score (nSPS) is 16.6. The summed E-state index contributed by atoms with van der Waals surface area (Å²) in [6.07, 6.45) is 1.15. The molecule has 75 valence electrons. The van der Waals surface area contributed by atoms with E-state index in [0.29, 0.717) is 0 Å². The third-order valence-electron chi connectivity index (χ3n) is 2.75. The molecule has 1 aromatic rings. The van der Waals surface area contributed by atoms with Crippen molar-refractivity contribution < 1.29 is 4.74 Å². The number of hydrogen-bond acceptors (Lipinski definition) is 2. The highest BCUT2D eigenvalue weighted by molar-refractivity contribution is 5.28. The molecular weight excluding hydrogens is 174 g/mol. The quantitative estimate of drug-likeness (QED) is 0.716. The molecule has 2 rings (SSSR count). The standard InChI is InChI=1S/C12H16NO/c1-14-9-8-13-7-6-11-4-2-3-5-12(11)10-13/h3-5H,6-10H2,1H3. The van der Waals surface area contributed by atoms with E-state index in [9.17, 15) is 0 Å². The Bertz CT molecular complexity index is 298. The topological polar surface area (TPSA) is 12.5 Å². The van der Waals surface area contributed by atoms with Gasteiger partial charge in [0.05, 0.1) is 6.61 Å². The van der Waals surface area contributed by atoms with Crippen LogP contribution in [0, 0.1) is 6.07 Å². The predicted octanol–water partition coefficient (Wildman–Crippen LogP) is 1.49. The number of ether oxygens (including phenoxy) is 1. The second kappa shape index (κ2) is 4.58. The summed E-state index contributed by atoms with van der Waals surface area (Å²) in [7, 11) is 1.76. The SMILES string of the molecule is COCCN1CCc2c[c]ccc2C1. The fraction of sp³-hybridized carbons (Fsp3) is 0.500. The molecule has 1 aliphatic heterocycles. The number of benzene rings is 1. The molecule has 0 N–H and O–H groups in total. The van der Waals surface area contributed by atoms with Crippen LogP contribution in [0.2, 0.25) is 0 Å². The Kier molecular flexibility index (Phi) is 3.17. The van der Waals surface area contributed by atoms with E-state index in [1.54, 1.807) is 7.11 Å². The third kappa shape index (κ3) is 2.14. The zero-order chi connectivity index (χ0) is 9.80. The average molecular weight is 190 g/mol. The summed E-state index contributed by atoms with van der Waals surface area (Å²) in [5.74, 6) is 0. The van der Waals surface area contributed by atoms with Crippen molar-refractivity contribution in [1.82, 2.24) is 4.90 Å². The Balaban J connectivity index is 1.99. The van der Waals surface area contributed by atoms with Gasteiger partial charge in [-0.05, 0) is 23.6 Å². The maximum absolute atomic E-state index is 5.08. The van der Waals surface area contributed by atoms with Gasteiger partial charge in [-0.15, -0.1) is 0 Å². The minimum atomic E-state index is 0.828. The molecule has 1 aromatic carbocycles. The Hall–Kier alpha value is -0.860. The highest BCUT2D eigenvalue weighted by atomic mass is 16.5. The highest BCUT2D eigenvalue weighted by Crippen LogP contribution is 2.17. The van der Waals surface area contributed by atoms with Crippen molar-refractivity contribution in [2.75, 3.05) is 26.8 Å². The lowest BCUT2D eigenvalue weighted by atomic mass is 10.0. The van der Waals surface area contributed by atoms with Crippen LogP contribution in [0.15, 0.2) is 18.2 Å². The van der Waals surface area contributed by atoms with Crippen molar-refractivity contribution >= 4 is 0 Å². The van der Waals surface area contributed by atoms with Crippen LogP contribution in [0.25, 0.3) is 0 Å². The van der Waals surface area contributed by atoms with Gasteiger partial charge in [-0.2, -0.15) is 0 Å². The van der Waals surface area contributed by atoms with E-state index in [2.05, 4.69) is 23.1 Å². The van der Waals surface area contributed by atoms with E-state index in [1.807, 2.05) is 6.07 Å². The predicted molar refractivity (Wildman–Crippen MR) is 56.1 cm³/mol. The average Bonchev–Trinajstić information content (AvgIpc) is 2.26. The first-order chi connectivity index (χ1) is 6.90. The molecule has 0 saturated carbocycles. The van der Waals surface area contributed by atoms with Crippen LogP contribution >= 0.6 is 0 Å². The zero-order valence-corrected chi connectivity index (χ0v) is 8.62. The number of nitrogens with zero attached hydrogens (tertiary/aromatic N) is 1. The van der Waals surface area contributed by atoms with Crippen molar-refractivity contribution in [3.63, 3.8) is 0 Å². The molecule has 0 aromatic heterocycles. The Morgan fingerprint density at radius 2 is 2.43 bits per heavy atom. The minimum absolute atomic E-state index is 0.828. The first kappa shape index (κ1) is 9.69. The molecule has 0 saturated heterocycles. The largest absolute Gasteiger partial charge is 0.383 e. The van der Waals surface area contributed by atoms with E-state index in [4.69, 9.17) is 4.74 Å². The number of fused-ring (bicyclic) bond motifs is 1. The van der Waals surface area contributed by atoms with Crippen molar-refractivity contribution in [1.29, 1.82) is 0 Å². The van der Waals surface area contributed by atoms with Crippen LogP contribution in [0.3, 0.4) is 0 Å². The van der Waals surface area contributed by atoms with Gasteiger partial charge in [0.1, 0.15) is 0 Å². The summed E-state index contributed by atoms with van der Waals surface area (Å²) >= 11 is 0. The van der Waals surface area contributed by atoms with Crippen LogP contribution in [0.4, 0.5) is 0 Å². The van der Waals surface area contributed by atoms with E-state index in [0.717, 1.165) is 32.7 Å². The second-order valence-corrected chi connectivity index (χ2v) is 3.71. The molecule has 0 aliphatic carbocycles. The molecule has 0 atom stereocenters. The maximum atomic E-state index is 5.08. The van der Waals surface area contributed by atoms with Gasteiger partial charge < -0.3 is 4.74 Å². The van der Waals surface area contributed by atoms with E-state index in [-0.39, 0.29) is 0 Å². The van der Waals surface area contributed by atoms with Gasteiger partial charge in [0.25, 0.3) is 0 Å². The van der Waals surface area contributed by atoms with Gasteiger partial charge in [0.15, 0.2) is 0 Å². The zero-order valence-electron chi connectivity index (χ0n) is 8.62. The highest BCUT2D eigenvalue weighted by Gasteiger charge is 2.14. The molecule has 0 bridgehead atoms. The van der Waals surface area contributed by atoms with Crippen molar-refractivity contribution in [3.05, 3.63) is 35.4 Å². The van der Waals surface area contributed by atoms with Gasteiger partial charge in [-0.1, -0.05) is 18.2 Å². The molecule has 1 radical (unpaired) electrons. The third-order valence-corrected chi connectivity index (χ3v) is 2.75. The summed E-state index contributed by atoms with van der Waals surface area (Å²) in [5.41, 5.74) is 2.91. The summed E-state index contributed by atoms with van der Waals surface area (Å²) < 4.78 is 5.08. The van der Waals surface area contributed by atoms with Crippen molar-refractivity contribution in [2.45, 2.75) is 13.0 Å². The van der Waals surface area contributed by atoms with Crippen molar-refractivity contribution in [3.8, 4) is 0 Å². The van der Waals surface area contributed by atoms with E-state index < -0.39 is 0 Å². The number of rotatable bonds is 3. The fourth-order valence-electron chi connectivity index (χ4n) is 1.89. The maximum Gasteiger partial charge on any atom is 0.0589 e. The molecule has 2 nitrogen and oxygen atoms in total. The number of methoxy groups -OCH3 is 1. The fourth-order valence-corrected chi connectivity index (χ4v) is 1.89. The summed E-state index contributed by atoms with van der Waals surface area (Å²) in [5, 5.41) is 0. The number of hydrogen-bond donors (Lipinski definition) is 0. The lowest BCUT2D eigenvalue weighted by molar-refractivity contribution is 0.141. The molecule has 0 amide bonds. The molecule has 0 fully saturated rings. The lowest BCUT2D eigenvalue weighted by Gasteiger charge is -2.28. The molecule has 1 aliphatic rings. The second-order valence-electron chi connectivity index (χ2n) is 3.71. The lowest BCUT2D eigenvalue weighted by Crippen LogP contribution is -2.33. The van der Waals surface area contributed by atoms with Gasteiger partial charge in [0, 0.05) is 26.7 Å². The van der Waals surface area contributed by atoms with Gasteiger partial charge >= 0.3 is 0 Å². The van der Waals surface area contributed by atoms with Gasteiger partial charge in [0.2, 0.25) is 0 Å². The molecule has 2 heteroatoms. The molecule has 0 spiro atoms. The molecule has 1 heterocycles. The summed E-state index contributed by atoms with van der Waals surface area (Å²) in [4.78, 5) is 2.44. The Morgan fingerprint density at radius 1 is 1.50 bits per heavy atom. The minimum Gasteiger partial charge on any atom is -0.383 e.